The Hall–Kier alpha value is -5.29. The first kappa shape index (κ1) is 61.3. The topological polar surface area (TPSA) is 139 Å². The number of likely N-dealkylation sites (tertiary alicyclic amines) is 1. The van der Waals surface area contributed by atoms with Gasteiger partial charge in [-0.3, -0.25) is 23.0 Å². The van der Waals surface area contributed by atoms with Gasteiger partial charge in [-0.15, -0.1) is 0 Å². The van der Waals surface area contributed by atoms with Crippen LogP contribution in [0.25, 0.3) is 16.7 Å². The van der Waals surface area contributed by atoms with Crippen LogP contribution in [0.15, 0.2) is 41.2 Å². The Morgan fingerprint density at radius 2 is 1.57 bits per heavy atom. The minimum Gasteiger partial charge on any atom is -0.381 e. The average molecular weight is 1160 g/mol. The number of carbonyl (C=O) groups is 1. The van der Waals surface area contributed by atoms with Crippen LogP contribution in [0.2, 0.25) is 5.02 Å². The third-order valence-electron chi connectivity index (χ3n) is 14.8. The summed E-state index contributed by atoms with van der Waals surface area (Å²) in [6, 6.07) is 7.76. The van der Waals surface area contributed by atoms with Crippen LogP contribution in [0.5, 0.6) is 0 Å². The van der Waals surface area contributed by atoms with E-state index in [1.807, 2.05) is 25.7 Å². The molecule has 9 rings (SSSR count). The lowest BCUT2D eigenvalue weighted by Gasteiger charge is -2.32. The smallest absolute Gasteiger partial charge is 0.293 e. The lowest BCUT2D eigenvalue weighted by Crippen LogP contribution is -2.41. The van der Waals surface area contributed by atoms with E-state index in [1.54, 1.807) is 24.6 Å². The summed E-state index contributed by atoms with van der Waals surface area (Å²) in [6.07, 6.45) is 0.587. The molecule has 1 aliphatic heterocycles. The normalized spacial score (nSPS) is 19.6. The minimum atomic E-state index is -3.14. The summed E-state index contributed by atoms with van der Waals surface area (Å²) in [5, 5.41) is 16.0. The summed E-state index contributed by atoms with van der Waals surface area (Å²) in [5.74, 6) is -13.3. The van der Waals surface area contributed by atoms with Crippen LogP contribution >= 0.6 is 11.6 Å². The van der Waals surface area contributed by atoms with Crippen molar-refractivity contribution in [3.8, 4) is 5.69 Å². The van der Waals surface area contributed by atoms with Crippen molar-refractivity contribution >= 4 is 50.6 Å². The lowest BCUT2D eigenvalue weighted by molar-refractivity contribution is -0.118. The van der Waals surface area contributed by atoms with Gasteiger partial charge in [0.05, 0.1) is 28.3 Å². The predicted octanol–water partition coefficient (Wildman–Crippen LogP) is 13.4. The Morgan fingerprint density at radius 1 is 0.949 bits per heavy atom. The van der Waals surface area contributed by atoms with Crippen molar-refractivity contribution < 1.29 is 57.3 Å². The van der Waals surface area contributed by atoms with Crippen LogP contribution in [0, 0.1) is 28.9 Å². The van der Waals surface area contributed by atoms with Crippen LogP contribution in [0.3, 0.4) is 0 Å². The molecule has 2 aromatic carbocycles. The number of rotatable bonds is 17. The summed E-state index contributed by atoms with van der Waals surface area (Å²) in [6.45, 7) is 6.37. The number of halogens is 12. The van der Waals surface area contributed by atoms with Gasteiger partial charge in [0.1, 0.15) is 35.5 Å². The zero-order chi connectivity index (χ0) is 58.1. The lowest BCUT2D eigenvalue weighted by atomic mass is 9.84. The second kappa shape index (κ2) is 24.8. The molecule has 0 spiro atoms. The van der Waals surface area contributed by atoms with E-state index in [9.17, 15) is 52.9 Å². The van der Waals surface area contributed by atoms with Crippen LogP contribution in [0.1, 0.15) is 155 Å². The first-order chi connectivity index (χ1) is 37.1. The molecule has 4 aliphatic rings. The number of anilines is 1. The number of ketones is 1. The third kappa shape index (κ3) is 14.1. The van der Waals surface area contributed by atoms with Crippen LogP contribution in [0.4, 0.5) is 54.0 Å². The predicted molar refractivity (Wildman–Crippen MR) is 282 cm³/mol. The number of carbonyl (C=O) groups excluding carboxylic acids is 1. The molecule has 11 nitrogen and oxygen atoms in total. The number of aromatic nitrogens is 5. The zero-order valence-corrected chi connectivity index (χ0v) is 46.2. The number of benzene rings is 2. The van der Waals surface area contributed by atoms with Crippen molar-refractivity contribution in [3.63, 3.8) is 0 Å². The Labute approximate surface area is 458 Å². The van der Waals surface area contributed by atoms with Gasteiger partial charge in [0.2, 0.25) is 5.92 Å². The van der Waals surface area contributed by atoms with Gasteiger partial charge in [-0.2, -0.15) is 13.9 Å². The number of hydrogen-bond acceptors (Lipinski definition) is 9. The maximum atomic E-state index is 15.1. The highest BCUT2D eigenvalue weighted by Gasteiger charge is 2.67. The summed E-state index contributed by atoms with van der Waals surface area (Å²) >= 11 is 6.80. The Bertz CT molecular complexity index is 3110. The van der Waals surface area contributed by atoms with E-state index in [0.717, 1.165) is 10.7 Å². The van der Waals surface area contributed by atoms with Crippen molar-refractivity contribution in [1.29, 1.82) is 5.41 Å². The summed E-state index contributed by atoms with van der Waals surface area (Å²) in [7, 11) is -0.611. The monoisotopic (exact) mass is 1160 g/mol. The Morgan fingerprint density at radius 3 is 2.14 bits per heavy atom. The van der Waals surface area contributed by atoms with Gasteiger partial charge in [0.15, 0.2) is 11.4 Å². The highest BCUT2D eigenvalue weighted by molar-refractivity contribution is 7.83. The highest BCUT2D eigenvalue weighted by Crippen LogP contribution is 2.68. The Balaban J connectivity index is 0.000000339. The number of nitrogens with zero attached hydrogens (tertiary/aromatic N) is 6. The quantitative estimate of drug-likeness (QED) is 0.0693. The van der Waals surface area contributed by atoms with E-state index in [2.05, 4.69) is 10.4 Å². The molecule has 3 aliphatic carbocycles. The van der Waals surface area contributed by atoms with Gasteiger partial charge in [0, 0.05) is 127 Å². The SMILES string of the molecule is CC(=O)Cn1nc(C(F)F)c2c1C(F)(F)C1CC21.CCCC(=N)c1c(Cl)ccc(-n2c(C(Cc3cc(F)cc(F)c3)C(C)C)nc3nc(C4CCC(F)(F)CC4)cc(CF)c3c2=O)c1NCCN1CCC(F)(F)CC1.CS(C)=O. The van der Waals surface area contributed by atoms with Crippen molar-refractivity contribution in [2.45, 2.75) is 147 Å². The molecule has 3 unspecified atom stereocenters. The number of pyridine rings is 1. The van der Waals surface area contributed by atoms with Crippen molar-refractivity contribution in [1.82, 2.24) is 29.2 Å². The first-order valence-electron chi connectivity index (χ1n) is 26.2. The largest absolute Gasteiger partial charge is 0.381 e. The van der Waals surface area contributed by atoms with Crippen molar-refractivity contribution in [2.75, 3.05) is 44.0 Å². The third-order valence-corrected chi connectivity index (χ3v) is 15.1. The molecular weight excluding hydrogens is 1100 g/mol. The molecule has 432 valence electrons. The van der Waals surface area contributed by atoms with Crippen LogP contribution in [-0.2, 0) is 41.2 Å². The van der Waals surface area contributed by atoms with Gasteiger partial charge in [-0.1, -0.05) is 38.8 Å². The molecule has 2 saturated carbocycles. The van der Waals surface area contributed by atoms with Crippen molar-refractivity contribution in [3.05, 3.63) is 109 Å². The maximum absolute atomic E-state index is 15.1. The Kier molecular flexibility index (Phi) is 19.3. The van der Waals surface area contributed by atoms with E-state index < -0.39 is 99.7 Å². The van der Waals surface area contributed by atoms with E-state index in [4.69, 9.17) is 27.0 Å². The van der Waals surface area contributed by atoms with Gasteiger partial charge in [-0.25, -0.2) is 49.5 Å². The number of fused-ring (bicyclic) bond motifs is 4. The van der Waals surface area contributed by atoms with Gasteiger partial charge < -0.3 is 15.6 Å². The summed E-state index contributed by atoms with van der Waals surface area (Å²) in [5.41, 5.74) is -0.177. The summed E-state index contributed by atoms with van der Waals surface area (Å²) in [4.78, 5) is 37.7. The van der Waals surface area contributed by atoms with E-state index in [0.29, 0.717) is 41.9 Å². The molecule has 0 radical (unpaired) electrons. The minimum absolute atomic E-state index is 0.0113. The molecule has 2 N–H and O–H groups in total. The molecular formula is C55H64ClF11N8O3S. The van der Waals surface area contributed by atoms with Gasteiger partial charge >= 0.3 is 0 Å². The average Bonchev–Trinajstić information content (AvgIpc) is 4.26. The second-order valence-corrected chi connectivity index (χ2v) is 23.3. The molecule has 0 bridgehead atoms. The number of hydrogen-bond donors (Lipinski definition) is 2. The van der Waals surface area contributed by atoms with E-state index >= 15 is 9.18 Å². The summed E-state index contributed by atoms with van der Waals surface area (Å²) < 4.78 is 165. The number of piperidine rings is 1. The van der Waals surface area contributed by atoms with E-state index in [1.165, 1.54) is 29.7 Å². The molecule has 79 heavy (non-hydrogen) atoms. The zero-order valence-electron chi connectivity index (χ0n) is 44.6. The van der Waals surface area contributed by atoms with Gasteiger partial charge in [-0.05, 0) is 86.8 Å². The standard InChI is InChI=1S/C42H48ClF7N6O.C11H10F4N2O.C2H6OS/c1-4-5-32(51)36-31(43)6-7-34(37(36)52-14-17-55-15-12-42(49,50)13-16-55)56-39(30(24(2)3)20-25-18-28(45)22-29(46)19-25)54-38-35(40(56)57)27(23-44)21-33(53-38)26-8-10-41(47,48)11-9-26;1-4(18)3-17-9-7(8(16-17)10(12)13)5-2-6(5)11(9,14)15;1-4(2)3/h6-7,18-19,21-22,24,26,30,51-52H,4-5,8-17,20,23H2,1-3H3;5-6,10H,2-3H2,1H3;1-2H3. The van der Waals surface area contributed by atoms with Crippen molar-refractivity contribution in [2.24, 2.45) is 11.8 Å². The fourth-order valence-corrected chi connectivity index (χ4v) is 11.1. The van der Waals surface area contributed by atoms with Crippen LogP contribution in [-0.4, -0.2) is 95.5 Å². The molecule has 3 aromatic heterocycles. The second-order valence-electron chi connectivity index (χ2n) is 21.4. The molecule has 4 heterocycles. The molecule has 3 fully saturated rings. The van der Waals surface area contributed by atoms with Crippen LogP contribution < -0.4 is 10.9 Å². The molecule has 24 heteroatoms. The molecule has 1 saturated heterocycles. The fraction of sp³-hybridized carbons (Fsp3) is 0.564. The highest BCUT2D eigenvalue weighted by atomic mass is 35.5. The molecule has 3 atom stereocenters. The fourth-order valence-electron chi connectivity index (χ4n) is 10.9. The maximum Gasteiger partial charge on any atom is 0.293 e. The first-order valence-corrected chi connectivity index (χ1v) is 28.5. The number of Topliss-reactive ketones (excluding diaryl/α,β-unsaturated/α-hetero) is 1. The molecule has 5 aromatic rings. The van der Waals surface area contributed by atoms with E-state index in [-0.39, 0.29) is 128 Å². The number of nitrogens with one attached hydrogen (secondary N) is 2. The number of alkyl halides is 9. The van der Waals surface area contributed by atoms with Gasteiger partial charge in [0.25, 0.3) is 23.8 Å². The molecule has 0 amide bonds.